The monoisotopic (exact) mass is 385 g/mol. The molecule has 7 heteroatoms. The lowest BCUT2D eigenvalue weighted by molar-refractivity contribution is -0.140. The van der Waals surface area contributed by atoms with Gasteiger partial charge in [0.1, 0.15) is 0 Å². The van der Waals surface area contributed by atoms with Crippen LogP contribution in [0, 0.1) is 5.92 Å². The molecule has 1 aromatic heterocycles. The number of piperidine rings is 1. The zero-order valence-corrected chi connectivity index (χ0v) is 16.7. The fourth-order valence-corrected chi connectivity index (χ4v) is 3.49. The minimum absolute atomic E-state index is 0.0640. The molecule has 0 aliphatic carbocycles. The van der Waals surface area contributed by atoms with E-state index in [-0.39, 0.29) is 23.1 Å². The van der Waals surface area contributed by atoms with Crippen LogP contribution < -0.4 is 5.56 Å². The Labute approximate surface area is 164 Å². The largest absolute Gasteiger partial charge is 0.448 e. The molecule has 7 nitrogen and oxygen atoms in total. The van der Waals surface area contributed by atoms with Gasteiger partial charge in [-0.3, -0.25) is 9.59 Å². The van der Waals surface area contributed by atoms with E-state index in [1.807, 2.05) is 13.8 Å². The lowest BCUT2D eigenvalue weighted by Gasteiger charge is -2.28. The van der Waals surface area contributed by atoms with Crippen molar-refractivity contribution in [3.8, 4) is 0 Å². The first-order valence-electron chi connectivity index (χ1n) is 9.88. The predicted octanol–water partition coefficient (Wildman–Crippen LogP) is 2.61. The second-order valence-corrected chi connectivity index (χ2v) is 7.71. The number of hydrogen-bond donors (Lipinski definition) is 0. The first kappa shape index (κ1) is 20.0. The van der Waals surface area contributed by atoms with Crippen LogP contribution in [0.1, 0.15) is 50.5 Å². The Kier molecular flexibility index (Phi) is 6.11. The van der Waals surface area contributed by atoms with Gasteiger partial charge in [-0.25, -0.2) is 9.48 Å². The van der Waals surface area contributed by atoms with Gasteiger partial charge in [0.05, 0.1) is 5.39 Å². The van der Waals surface area contributed by atoms with Crippen molar-refractivity contribution in [3.05, 3.63) is 40.3 Å². The number of ether oxygens (including phenoxy) is 1. The van der Waals surface area contributed by atoms with E-state index in [9.17, 15) is 14.4 Å². The standard InChI is InChI=1S/C21H27N3O4/c1-14(2)13-24-20(26)17-10-6-5-9-16(17)18(22-24)21(27)28-15(3)19(25)23-11-7-4-8-12-23/h5-6,9-10,14-15H,4,7-8,11-13H2,1-3H3/t15-/m0/s1. The molecular weight excluding hydrogens is 358 g/mol. The molecule has 0 saturated carbocycles. The number of amides is 1. The van der Waals surface area contributed by atoms with Crippen LogP contribution in [0.2, 0.25) is 0 Å². The first-order chi connectivity index (χ1) is 13.4. The molecule has 1 aromatic carbocycles. The van der Waals surface area contributed by atoms with E-state index >= 15 is 0 Å². The van der Waals surface area contributed by atoms with Gasteiger partial charge < -0.3 is 9.64 Å². The number of benzene rings is 1. The Morgan fingerprint density at radius 3 is 2.36 bits per heavy atom. The van der Waals surface area contributed by atoms with Crippen molar-refractivity contribution in [2.45, 2.75) is 52.7 Å². The molecule has 2 aromatic rings. The molecule has 1 amide bonds. The topological polar surface area (TPSA) is 81.5 Å². The molecular formula is C21H27N3O4. The van der Waals surface area contributed by atoms with E-state index in [1.54, 1.807) is 36.1 Å². The number of likely N-dealkylation sites (tertiary alicyclic amines) is 1. The van der Waals surface area contributed by atoms with E-state index in [0.29, 0.717) is 30.4 Å². The zero-order chi connectivity index (χ0) is 20.3. The molecule has 1 saturated heterocycles. The maximum atomic E-state index is 12.8. The van der Waals surface area contributed by atoms with Gasteiger partial charge in [0.2, 0.25) is 0 Å². The molecule has 3 rings (SSSR count). The third-order valence-corrected chi connectivity index (χ3v) is 4.90. The van der Waals surface area contributed by atoms with Crippen molar-refractivity contribution in [1.82, 2.24) is 14.7 Å². The summed E-state index contributed by atoms with van der Waals surface area (Å²) in [7, 11) is 0. The summed E-state index contributed by atoms with van der Waals surface area (Å²) >= 11 is 0. The highest BCUT2D eigenvalue weighted by atomic mass is 16.5. The van der Waals surface area contributed by atoms with E-state index < -0.39 is 12.1 Å². The Morgan fingerprint density at radius 1 is 1.07 bits per heavy atom. The van der Waals surface area contributed by atoms with Crippen LogP contribution >= 0.6 is 0 Å². The number of rotatable bonds is 5. The Balaban J connectivity index is 1.89. The van der Waals surface area contributed by atoms with Gasteiger partial charge in [0.15, 0.2) is 11.8 Å². The van der Waals surface area contributed by atoms with Crippen molar-refractivity contribution < 1.29 is 14.3 Å². The summed E-state index contributed by atoms with van der Waals surface area (Å²) in [4.78, 5) is 39.8. The summed E-state index contributed by atoms with van der Waals surface area (Å²) in [5.41, 5.74) is -0.174. The average molecular weight is 385 g/mol. The van der Waals surface area contributed by atoms with E-state index in [4.69, 9.17) is 4.74 Å². The zero-order valence-electron chi connectivity index (χ0n) is 16.7. The number of esters is 1. The van der Waals surface area contributed by atoms with Gasteiger partial charge >= 0.3 is 5.97 Å². The predicted molar refractivity (Wildman–Crippen MR) is 106 cm³/mol. The number of carbonyl (C=O) groups excluding carboxylic acids is 2. The first-order valence-corrected chi connectivity index (χ1v) is 9.88. The normalized spacial score (nSPS) is 15.6. The fourth-order valence-electron chi connectivity index (χ4n) is 3.49. The summed E-state index contributed by atoms with van der Waals surface area (Å²) in [5, 5.41) is 5.13. The quantitative estimate of drug-likeness (QED) is 0.739. The highest BCUT2D eigenvalue weighted by Gasteiger charge is 2.27. The molecule has 150 valence electrons. The van der Waals surface area contributed by atoms with Crippen LogP contribution in [0.3, 0.4) is 0 Å². The van der Waals surface area contributed by atoms with Crippen LogP contribution in [-0.2, 0) is 16.1 Å². The molecule has 0 spiro atoms. The molecule has 1 aliphatic rings. The van der Waals surface area contributed by atoms with Crippen molar-refractivity contribution in [2.24, 2.45) is 5.92 Å². The molecule has 1 atom stereocenters. The number of hydrogen-bond acceptors (Lipinski definition) is 5. The Bertz CT molecular complexity index is 929. The summed E-state index contributed by atoms with van der Waals surface area (Å²) in [6.07, 6.45) is 2.17. The third kappa shape index (κ3) is 4.24. The average Bonchev–Trinajstić information content (AvgIpc) is 2.69. The van der Waals surface area contributed by atoms with Crippen LogP contribution in [0.4, 0.5) is 0 Å². The Morgan fingerprint density at radius 2 is 1.71 bits per heavy atom. The maximum absolute atomic E-state index is 12.8. The third-order valence-electron chi connectivity index (χ3n) is 4.90. The van der Waals surface area contributed by atoms with Crippen molar-refractivity contribution in [1.29, 1.82) is 0 Å². The molecule has 0 N–H and O–H groups in total. The second-order valence-electron chi connectivity index (χ2n) is 7.71. The highest BCUT2D eigenvalue weighted by molar-refractivity contribution is 6.02. The lowest BCUT2D eigenvalue weighted by atomic mass is 10.1. The molecule has 28 heavy (non-hydrogen) atoms. The number of carbonyl (C=O) groups is 2. The lowest BCUT2D eigenvalue weighted by Crippen LogP contribution is -2.42. The molecule has 2 heterocycles. The molecule has 1 fully saturated rings. The molecule has 0 unspecified atom stereocenters. The minimum atomic E-state index is -0.892. The SMILES string of the molecule is CC(C)Cn1nc(C(=O)O[C@@H](C)C(=O)N2CCCCC2)c2ccccc2c1=O. The van der Waals surface area contributed by atoms with Crippen molar-refractivity contribution in [3.63, 3.8) is 0 Å². The van der Waals surface area contributed by atoms with Gasteiger partial charge in [0, 0.05) is 25.0 Å². The summed E-state index contributed by atoms with van der Waals surface area (Å²) < 4.78 is 6.76. The van der Waals surface area contributed by atoms with E-state index in [1.165, 1.54) is 4.68 Å². The van der Waals surface area contributed by atoms with Crippen molar-refractivity contribution in [2.75, 3.05) is 13.1 Å². The highest BCUT2D eigenvalue weighted by Crippen LogP contribution is 2.17. The van der Waals surface area contributed by atoms with Crippen molar-refractivity contribution >= 4 is 22.6 Å². The van der Waals surface area contributed by atoms with Gasteiger partial charge in [-0.2, -0.15) is 5.10 Å². The van der Waals surface area contributed by atoms with Crippen LogP contribution in [0.25, 0.3) is 10.8 Å². The maximum Gasteiger partial charge on any atom is 0.360 e. The van der Waals surface area contributed by atoms with Crippen LogP contribution in [0.15, 0.2) is 29.1 Å². The molecule has 1 aliphatic heterocycles. The fraction of sp³-hybridized carbons (Fsp3) is 0.524. The summed E-state index contributed by atoms with van der Waals surface area (Å²) in [6, 6.07) is 6.85. The number of fused-ring (bicyclic) bond motifs is 1. The van der Waals surface area contributed by atoms with Gasteiger partial charge in [-0.15, -0.1) is 0 Å². The van der Waals surface area contributed by atoms with Gasteiger partial charge in [0.25, 0.3) is 11.5 Å². The number of nitrogens with zero attached hydrogens (tertiary/aromatic N) is 3. The molecule has 0 bridgehead atoms. The summed E-state index contributed by atoms with van der Waals surface area (Å²) in [6.45, 7) is 7.32. The summed E-state index contributed by atoms with van der Waals surface area (Å²) in [5.74, 6) is -0.686. The van der Waals surface area contributed by atoms with Gasteiger partial charge in [-0.05, 0) is 38.2 Å². The molecule has 0 radical (unpaired) electrons. The van der Waals surface area contributed by atoms with E-state index in [2.05, 4.69) is 5.10 Å². The smallest absolute Gasteiger partial charge is 0.360 e. The van der Waals surface area contributed by atoms with Crippen LogP contribution in [-0.4, -0.2) is 45.8 Å². The second kappa shape index (κ2) is 8.54. The minimum Gasteiger partial charge on any atom is -0.448 e. The van der Waals surface area contributed by atoms with E-state index in [0.717, 1.165) is 19.3 Å². The van der Waals surface area contributed by atoms with Crippen LogP contribution in [0.5, 0.6) is 0 Å². The van der Waals surface area contributed by atoms with Gasteiger partial charge in [-0.1, -0.05) is 32.0 Å². The Hall–Kier alpha value is -2.70. The number of aromatic nitrogens is 2.